The van der Waals surface area contributed by atoms with E-state index in [9.17, 15) is 13.2 Å². The normalized spacial score (nSPS) is 29.5. The third-order valence-corrected chi connectivity index (χ3v) is 7.51. The number of hydrogen-bond donors (Lipinski definition) is 1. The summed E-state index contributed by atoms with van der Waals surface area (Å²) < 4.78 is 64.2. The fraction of sp³-hybridized carbons (Fsp3) is 0.667. The summed E-state index contributed by atoms with van der Waals surface area (Å²) in [5.74, 6) is 1.20. The summed E-state index contributed by atoms with van der Waals surface area (Å²) in [4.78, 5) is 5.53. The van der Waals surface area contributed by atoms with Crippen LogP contribution in [0.3, 0.4) is 0 Å². The molecule has 2 aromatic rings. The summed E-state index contributed by atoms with van der Waals surface area (Å²) in [5, 5.41) is 11.6. The number of rotatable bonds is 5. The monoisotopic (exact) mass is 505 g/mol. The summed E-state index contributed by atoms with van der Waals surface area (Å²) in [5.41, 5.74) is -1.66. The molecule has 1 N–H and O–H groups in total. The molecule has 0 radical (unpaired) electrons. The van der Waals surface area contributed by atoms with Gasteiger partial charge in [0.15, 0.2) is 5.69 Å². The number of fused-ring (bicyclic) bond motifs is 1. The molecule has 2 aliphatic heterocycles. The van der Waals surface area contributed by atoms with E-state index in [0.29, 0.717) is 30.5 Å². The Hall–Kier alpha value is -2.26. The van der Waals surface area contributed by atoms with Gasteiger partial charge in [-0.05, 0) is 95.4 Å². The summed E-state index contributed by atoms with van der Waals surface area (Å²) >= 11 is 0. The maximum Gasteiger partial charge on any atom is 0.434 e. The van der Waals surface area contributed by atoms with Crippen molar-refractivity contribution in [3.8, 4) is 11.3 Å². The van der Waals surface area contributed by atoms with Gasteiger partial charge in [-0.2, -0.15) is 13.2 Å². The Morgan fingerprint density at radius 1 is 1.06 bits per heavy atom. The number of halogens is 3. The highest BCUT2D eigenvalue weighted by atomic mass is 19.4. The van der Waals surface area contributed by atoms with Crippen LogP contribution in [0.15, 0.2) is 30.5 Å². The molecule has 0 aromatic carbocycles. The maximum atomic E-state index is 13.3. The van der Waals surface area contributed by atoms with Gasteiger partial charge in [0.2, 0.25) is 0 Å². The van der Waals surface area contributed by atoms with E-state index < -0.39 is 18.4 Å². The van der Waals surface area contributed by atoms with Crippen molar-refractivity contribution in [2.75, 3.05) is 24.9 Å². The van der Waals surface area contributed by atoms with Crippen molar-refractivity contribution >= 4 is 5.82 Å². The largest absolute Gasteiger partial charge is 0.434 e. The maximum absolute atomic E-state index is 13.3. The van der Waals surface area contributed by atoms with Gasteiger partial charge in [-0.3, -0.25) is 4.98 Å². The van der Waals surface area contributed by atoms with Gasteiger partial charge in [0.25, 0.3) is 0 Å². The van der Waals surface area contributed by atoms with Gasteiger partial charge in [-0.15, -0.1) is 10.2 Å². The highest BCUT2D eigenvalue weighted by Gasteiger charge is 2.44. The van der Waals surface area contributed by atoms with E-state index >= 15 is 0 Å². The highest BCUT2D eigenvalue weighted by Crippen LogP contribution is 2.42. The second kappa shape index (κ2) is 9.24. The molecule has 4 heterocycles. The number of aromatic nitrogens is 3. The topological polar surface area (TPSA) is 63.2 Å². The Bertz CT molecular complexity index is 1130. The van der Waals surface area contributed by atoms with E-state index in [0.717, 1.165) is 32.1 Å². The SMILES string of the molecule is [2H]C([2H])(C1CC(C)(C)OC(C)(C)C1)N1CC2CC(Nc3ccc(-c4cccnc4C(F)(F)F)nn3)CC2C1. The van der Waals surface area contributed by atoms with Crippen molar-refractivity contribution in [2.45, 2.75) is 76.8 Å². The molecular formula is C27H36F3N5O. The molecule has 9 heteroatoms. The summed E-state index contributed by atoms with van der Waals surface area (Å²) in [6.45, 7) is 8.25. The van der Waals surface area contributed by atoms with Gasteiger partial charge in [-0.1, -0.05) is 0 Å². The second-order valence-electron chi connectivity index (χ2n) is 11.8. The molecule has 3 aliphatic rings. The van der Waals surface area contributed by atoms with Crippen molar-refractivity contribution in [1.82, 2.24) is 20.1 Å². The molecule has 6 nitrogen and oxygen atoms in total. The highest BCUT2D eigenvalue weighted by molar-refractivity contribution is 5.62. The number of nitrogens with one attached hydrogen (secondary N) is 1. The number of ether oxygens (including phenoxy) is 1. The zero-order valence-corrected chi connectivity index (χ0v) is 21.3. The van der Waals surface area contributed by atoms with Gasteiger partial charge >= 0.3 is 6.18 Å². The molecule has 0 bridgehead atoms. The van der Waals surface area contributed by atoms with Gasteiger partial charge < -0.3 is 15.0 Å². The quantitative estimate of drug-likeness (QED) is 0.566. The third-order valence-electron chi connectivity index (χ3n) is 7.51. The van der Waals surface area contributed by atoms with Gasteiger partial charge in [0, 0.05) is 40.1 Å². The van der Waals surface area contributed by atoms with Crippen molar-refractivity contribution in [3.63, 3.8) is 0 Å². The van der Waals surface area contributed by atoms with Crippen LogP contribution in [-0.2, 0) is 10.9 Å². The van der Waals surface area contributed by atoms with E-state index in [1.165, 1.54) is 18.2 Å². The Balaban J connectivity index is 1.20. The first kappa shape index (κ1) is 22.9. The van der Waals surface area contributed by atoms with E-state index in [2.05, 4.69) is 20.5 Å². The van der Waals surface area contributed by atoms with Crippen LogP contribution < -0.4 is 5.32 Å². The van der Waals surface area contributed by atoms with Crippen LogP contribution in [0.4, 0.5) is 19.0 Å². The van der Waals surface area contributed by atoms with E-state index in [-0.39, 0.29) is 34.4 Å². The Kier molecular flexibility index (Phi) is 5.88. The third kappa shape index (κ3) is 5.67. The van der Waals surface area contributed by atoms with Crippen LogP contribution in [0.25, 0.3) is 11.3 Å². The lowest BCUT2D eigenvalue weighted by molar-refractivity contribution is -0.174. The molecule has 5 rings (SSSR count). The Morgan fingerprint density at radius 3 is 2.31 bits per heavy atom. The molecule has 1 saturated carbocycles. The van der Waals surface area contributed by atoms with E-state index in [1.807, 2.05) is 32.6 Å². The first-order valence-electron chi connectivity index (χ1n) is 13.7. The molecule has 196 valence electrons. The van der Waals surface area contributed by atoms with Crippen molar-refractivity contribution in [3.05, 3.63) is 36.2 Å². The zero-order chi connectivity index (χ0) is 27.5. The molecule has 36 heavy (non-hydrogen) atoms. The minimum absolute atomic E-state index is 0.0968. The average Bonchev–Trinajstić information content (AvgIpc) is 3.36. The summed E-state index contributed by atoms with van der Waals surface area (Å²) in [7, 11) is 0. The predicted molar refractivity (Wildman–Crippen MR) is 132 cm³/mol. The van der Waals surface area contributed by atoms with Crippen LogP contribution >= 0.6 is 0 Å². The van der Waals surface area contributed by atoms with Crippen LogP contribution in [-0.4, -0.2) is 56.9 Å². The lowest BCUT2D eigenvalue weighted by Gasteiger charge is -2.46. The molecule has 3 fully saturated rings. The van der Waals surface area contributed by atoms with Crippen LogP contribution in [0.2, 0.25) is 0 Å². The molecule has 2 unspecified atom stereocenters. The molecule has 2 atom stereocenters. The van der Waals surface area contributed by atoms with Gasteiger partial charge in [-0.25, -0.2) is 0 Å². The molecule has 0 amide bonds. The van der Waals surface area contributed by atoms with Crippen molar-refractivity contribution < 1.29 is 20.6 Å². The summed E-state index contributed by atoms with van der Waals surface area (Å²) in [6.07, 6.45) is -0.282. The minimum Gasteiger partial charge on any atom is -0.370 e. The zero-order valence-electron chi connectivity index (χ0n) is 23.3. The van der Waals surface area contributed by atoms with Gasteiger partial charge in [0.1, 0.15) is 5.82 Å². The molecule has 0 spiro atoms. The lowest BCUT2D eigenvalue weighted by Crippen LogP contribution is -2.47. The first-order valence-corrected chi connectivity index (χ1v) is 12.7. The standard InChI is InChI=1S/C27H36F3N5O/c1-25(2)12-17(13-26(3,4)36-25)14-35-15-18-10-20(11-19(18)16-35)32-23-8-7-22(33-34-23)21-6-5-9-31-24(21)27(28,29)30/h5-9,17-20H,10-16H2,1-4H3,(H,32,34)/i14D2. The summed E-state index contributed by atoms with van der Waals surface area (Å²) in [6, 6.07) is 6.15. The van der Waals surface area contributed by atoms with Crippen LogP contribution in [0, 0.1) is 17.8 Å². The van der Waals surface area contributed by atoms with Crippen molar-refractivity contribution in [2.24, 2.45) is 17.8 Å². The number of likely N-dealkylation sites (tertiary alicyclic amines) is 1. The lowest BCUT2D eigenvalue weighted by atomic mass is 9.80. The van der Waals surface area contributed by atoms with E-state index in [1.54, 1.807) is 6.07 Å². The average molecular weight is 506 g/mol. The number of alkyl halides is 3. The predicted octanol–water partition coefficient (Wildman–Crippen LogP) is 5.66. The van der Waals surface area contributed by atoms with Crippen molar-refractivity contribution in [1.29, 1.82) is 0 Å². The number of hydrogen-bond acceptors (Lipinski definition) is 6. The number of anilines is 1. The fourth-order valence-corrected chi connectivity index (χ4v) is 6.56. The smallest absolute Gasteiger partial charge is 0.370 e. The molecule has 1 aliphatic carbocycles. The van der Waals surface area contributed by atoms with E-state index in [4.69, 9.17) is 7.48 Å². The molecular weight excluding hydrogens is 467 g/mol. The fourth-order valence-electron chi connectivity index (χ4n) is 6.56. The second-order valence-corrected chi connectivity index (χ2v) is 11.8. The molecule has 2 aromatic heterocycles. The van der Waals surface area contributed by atoms with Crippen LogP contribution in [0.5, 0.6) is 0 Å². The number of nitrogens with zero attached hydrogens (tertiary/aromatic N) is 4. The Morgan fingerprint density at radius 2 is 1.72 bits per heavy atom. The molecule has 2 saturated heterocycles. The Labute approximate surface area is 213 Å². The first-order chi connectivity index (χ1) is 17.6. The van der Waals surface area contributed by atoms with Gasteiger partial charge in [0.05, 0.1) is 16.9 Å². The minimum atomic E-state index is -4.57. The number of pyridine rings is 1. The van der Waals surface area contributed by atoms with Crippen LogP contribution in [0.1, 0.15) is 61.8 Å².